The molecule has 0 aliphatic carbocycles. The molecule has 2 aromatic rings. The highest BCUT2D eigenvalue weighted by molar-refractivity contribution is 5.84. The molecular weight excluding hydrogens is 442 g/mol. The standard InChI is InChI=1S/C26H37N7O2/c1-4-7-13-32(12-5-2)21-8-9-22(27-17-21)30-25-28-16-20(6-3)24(31-25)33-18-23(34)29-19-26(33)10-14-35-15-11-26/h6,8-9,16-17H,3-5,7,10-15,18-19H2,1-2H3,(H,29,34)(H,27,28,30,31). The maximum Gasteiger partial charge on any atom is 0.239 e. The summed E-state index contributed by atoms with van der Waals surface area (Å²) >= 11 is 0. The minimum atomic E-state index is -0.226. The predicted octanol–water partition coefficient (Wildman–Crippen LogP) is 3.76. The van der Waals surface area contributed by atoms with Crippen LogP contribution in [0.4, 0.5) is 23.3 Å². The molecule has 2 aromatic heterocycles. The van der Waals surface area contributed by atoms with Crippen molar-refractivity contribution >= 4 is 35.3 Å². The highest BCUT2D eigenvalue weighted by Crippen LogP contribution is 2.35. The van der Waals surface area contributed by atoms with Gasteiger partial charge in [-0.15, -0.1) is 0 Å². The molecule has 9 nitrogen and oxygen atoms in total. The molecule has 2 fully saturated rings. The molecule has 0 aromatic carbocycles. The Labute approximate surface area is 208 Å². The Hall–Kier alpha value is -3.20. The zero-order valence-electron chi connectivity index (χ0n) is 20.9. The van der Waals surface area contributed by atoms with E-state index in [0.29, 0.717) is 37.3 Å². The summed E-state index contributed by atoms with van der Waals surface area (Å²) in [5.74, 6) is 1.81. The van der Waals surface area contributed by atoms with E-state index in [4.69, 9.17) is 9.72 Å². The number of hydrogen-bond donors (Lipinski definition) is 2. The van der Waals surface area contributed by atoms with E-state index in [9.17, 15) is 4.79 Å². The molecule has 0 saturated carbocycles. The van der Waals surface area contributed by atoms with Crippen molar-refractivity contribution in [2.45, 2.75) is 51.5 Å². The van der Waals surface area contributed by atoms with Crippen molar-refractivity contribution < 1.29 is 9.53 Å². The number of nitrogens with one attached hydrogen (secondary N) is 2. The van der Waals surface area contributed by atoms with Crippen molar-refractivity contribution in [2.75, 3.05) is 54.5 Å². The number of unbranched alkanes of at least 4 members (excludes halogenated alkanes) is 1. The molecular formula is C26H37N7O2. The second-order valence-electron chi connectivity index (χ2n) is 9.24. The van der Waals surface area contributed by atoms with Crippen molar-refractivity contribution in [1.29, 1.82) is 0 Å². The van der Waals surface area contributed by atoms with Crippen LogP contribution in [-0.2, 0) is 9.53 Å². The molecule has 2 aliphatic rings. The number of piperazine rings is 1. The maximum atomic E-state index is 12.4. The second-order valence-corrected chi connectivity index (χ2v) is 9.24. The molecule has 2 N–H and O–H groups in total. The van der Waals surface area contributed by atoms with Gasteiger partial charge in [-0.05, 0) is 37.8 Å². The Morgan fingerprint density at radius 2 is 2.03 bits per heavy atom. The van der Waals surface area contributed by atoms with Gasteiger partial charge in [0.2, 0.25) is 11.9 Å². The lowest BCUT2D eigenvalue weighted by Gasteiger charge is -2.49. The van der Waals surface area contributed by atoms with E-state index in [1.165, 1.54) is 6.42 Å². The summed E-state index contributed by atoms with van der Waals surface area (Å²) in [6.07, 6.45) is 10.5. The summed E-state index contributed by atoms with van der Waals surface area (Å²) < 4.78 is 5.61. The number of nitrogens with zero attached hydrogens (tertiary/aromatic N) is 5. The number of carbonyl (C=O) groups excluding carboxylic acids is 1. The van der Waals surface area contributed by atoms with Crippen LogP contribution in [0, 0.1) is 0 Å². The summed E-state index contributed by atoms with van der Waals surface area (Å²) in [5.41, 5.74) is 1.69. The summed E-state index contributed by atoms with van der Waals surface area (Å²) in [5, 5.41) is 6.28. The van der Waals surface area contributed by atoms with Crippen LogP contribution in [-0.4, -0.2) is 65.8 Å². The number of anilines is 4. The maximum absolute atomic E-state index is 12.4. The predicted molar refractivity (Wildman–Crippen MR) is 140 cm³/mol. The first-order valence-electron chi connectivity index (χ1n) is 12.7. The molecule has 2 aliphatic heterocycles. The van der Waals surface area contributed by atoms with Crippen molar-refractivity contribution in [2.24, 2.45) is 0 Å². The largest absolute Gasteiger partial charge is 0.381 e. The summed E-state index contributed by atoms with van der Waals surface area (Å²) in [6, 6.07) is 4.05. The molecule has 4 heterocycles. The lowest BCUT2D eigenvalue weighted by molar-refractivity contribution is -0.122. The van der Waals surface area contributed by atoms with Crippen LogP contribution in [0.3, 0.4) is 0 Å². The number of aromatic nitrogens is 3. The third kappa shape index (κ3) is 5.73. The van der Waals surface area contributed by atoms with Crippen LogP contribution < -0.4 is 20.4 Å². The quantitative estimate of drug-likeness (QED) is 0.532. The minimum Gasteiger partial charge on any atom is -0.381 e. The second kappa shape index (κ2) is 11.5. The Morgan fingerprint density at radius 1 is 1.20 bits per heavy atom. The van der Waals surface area contributed by atoms with Crippen LogP contribution in [0.5, 0.6) is 0 Å². The molecule has 0 atom stereocenters. The van der Waals surface area contributed by atoms with Gasteiger partial charge in [0.15, 0.2) is 0 Å². The number of pyridine rings is 1. The fraction of sp³-hybridized carbons (Fsp3) is 0.538. The summed E-state index contributed by atoms with van der Waals surface area (Å²) in [7, 11) is 0. The SMILES string of the molecule is C=Cc1cnc(Nc2ccc(N(CCC)CCCC)cn2)nc1N1CC(=O)NCC12CCOCC2. The molecule has 0 bridgehead atoms. The zero-order valence-corrected chi connectivity index (χ0v) is 20.9. The molecule has 9 heteroatoms. The number of amides is 1. The lowest BCUT2D eigenvalue weighted by Crippen LogP contribution is -2.65. The van der Waals surface area contributed by atoms with Crippen LogP contribution in [0.1, 0.15) is 51.5 Å². The lowest BCUT2D eigenvalue weighted by atomic mass is 9.85. The van der Waals surface area contributed by atoms with E-state index in [1.807, 2.05) is 12.3 Å². The Balaban J connectivity index is 1.57. The molecule has 0 unspecified atom stereocenters. The smallest absolute Gasteiger partial charge is 0.239 e. The molecule has 2 saturated heterocycles. The highest BCUT2D eigenvalue weighted by Gasteiger charge is 2.44. The molecule has 1 spiro atoms. The van der Waals surface area contributed by atoms with Crippen molar-refractivity contribution in [3.05, 3.63) is 36.7 Å². The highest BCUT2D eigenvalue weighted by atomic mass is 16.5. The Morgan fingerprint density at radius 3 is 2.71 bits per heavy atom. The number of rotatable bonds is 10. The molecule has 4 rings (SSSR count). The van der Waals surface area contributed by atoms with Gasteiger partial charge >= 0.3 is 0 Å². The first-order valence-corrected chi connectivity index (χ1v) is 12.7. The average molecular weight is 480 g/mol. The molecule has 35 heavy (non-hydrogen) atoms. The van der Waals surface area contributed by atoms with Gasteiger partial charge in [0, 0.05) is 44.6 Å². The monoisotopic (exact) mass is 479 g/mol. The molecule has 1 amide bonds. The van der Waals surface area contributed by atoms with Crippen molar-refractivity contribution in [3.8, 4) is 0 Å². The van der Waals surface area contributed by atoms with Crippen molar-refractivity contribution in [3.63, 3.8) is 0 Å². The number of hydrogen-bond acceptors (Lipinski definition) is 8. The van der Waals surface area contributed by atoms with E-state index >= 15 is 0 Å². The van der Waals surface area contributed by atoms with Gasteiger partial charge in [-0.25, -0.2) is 9.97 Å². The van der Waals surface area contributed by atoms with E-state index in [0.717, 1.165) is 50.0 Å². The summed E-state index contributed by atoms with van der Waals surface area (Å²) in [6.45, 7) is 12.5. The van der Waals surface area contributed by atoms with E-state index in [1.54, 1.807) is 12.3 Å². The zero-order chi connectivity index (χ0) is 24.7. The normalized spacial score (nSPS) is 17.2. The van der Waals surface area contributed by atoms with Gasteiger partial charge in [0.1, 0.15) is 11.6 Å². The van der Waals surface area contributed by atoms with Crippen LogP contribution in [0.15, 0.2) is 31.1 Å². The van der Waals surface area contributed by atoms with Crippen LogP contribution in [0.25, 0.3) is 6.08 Å². The fourth-order valence-electron chi connectivity index (χ4n) is 4.78. The Kier molecular flexibility index (Phi) is 8.17. The van der Waals surface area contributed by atoms with Gasteiger partial charge < -0.3 is 25.2 Å². The average Bonchev–Trinajstić information content (AvgIpc) is 2.89. The molecule has 188 valence electrons. The van der Waals surface area contributed by atoms with Crippen LogP contribution >= 0.6 is 0 Å². The summed E-state index contributed by atoms with van der Waals surface area (Å²) in [4.78, 5) is 30.8. The molecule has 0 radical (unpaired) electrons. The van der Waals surface area contributed by atoms with Gasteiger partial charge in [0.25, 0.3) is 0 Å². The van der Waals surface area contributed by atoms with E-state index < -0.39 is 0 Å². The van der Waals surface area contributed by atoms with E-state index in [-0.39, 0.29) is 18.0 Å². The Bertz CT molecular complexity index is 1010. The third-order valence-corrected chi connectivity index (χ3v) is 6.81. The van der Waals surface area contributed by atoms with Gasteiger partial charge in [0.05, 0.1) is 24.0 Å². The fourth-order valence-corrected chi connectivity index (χ4v) is 4.78. The van der Waals surface area contributed by atoms with Crippen LogP contribution in [0.2, 0.25) is 0 Å². The third-order valence-electron chi connectivity index (χ3n) is 6.81. The van der Waals surface area contributed by atoms with Crippen molar-refractivity contribution in [1.82, 2.24) is 20.3 Å². The number of ether oxygens (including phenoxy) is 1. The van der Waals surface area contributed by atoms with Gasteiger partial charge in [-0.3, -0.25) is 4.79 Å². The minimum absolute atomic E-state index is 0.0118. The van der Waals surface area contributed by atoms with E-state index in [2.05, 4.69) is 56.9 Å². The van der Waals surface area contributed by atoms with Gasteiger partial charge in [-0.2, -0.15) is 4.98 Å². The van der Waals surface area contributed by atoms with Gasteiger partial charge in [-0.1, -0.05) is 32.9 Å². The number of carbonyl (C=O) groups is 1. The topological polar surface area (TPSA) is 95.5 Å². The first kappa shape index (κ1) is 24.9. The first-order chi connectivity index (χ1) is 17.1.